The van der Waals surface area contributed by atoms with E-state index >= 15 is 0 Å². The van der Waals surface area contributed by atoms with Crippen molar-refractivity contribution in [3.63, 3.8) is 0 Å². The fraction of sp³-hybridized carbons (Fsp3) is 0.500. The Labute approximate surface area is 156 Å². The number of hydrogen-bond acceptors (Lipinski definition) is 7. The summed E-state index contributed by atoms with van der Waals surface area (Å²) in [6.45, 7) is 9.82. The van der Waals surface area contributed by atoms with Gasteiger partial charge >= 0.3 is 6.01 Å². The minimum absolute atomic E-state index is 0. The van der Waals surface area contributed by atoms with Gasteiger partial charge in [0, 0.05) is 21.7 Å². The molecular weight excluding hydrogens is 332 g/mol. The van der Waals surface area contributed by atoms with Crippen LogP contribution in [0.2, 0.25) is 0 Å². The zero-order valence-corrected chi connectivity index (χ0v) is 16.1. The molecule has 8 nitrogen and oxygen atoms in total. The van der Waals surface area contributed by atoms with E-state index in [2.05, 4.69) is 44.6 Å². The first-order valence-corrected chi connectivity index (χ1v) is 8.73. The van der Waals surface area contributed by atoms with Crippen LogP contribution < -0.4 is 15.4 Å². The second-order valence-electron chi connectivity index (χ2n) is 6.39. The molecule has 1 atom stereocenters. The van der Waals surface area contributed by atoms with Gasteiger partial charge in [-0.25, -0.2) is 4.98 Å². The fourth-order valence-electron chi connectivity index (χ4n) is 2.36. The Bertz CT molecular complexity index is 789. The van der Waals surface area contributed by atoms with Gasteiger partial charge in [-0.1, -0.05) is 13.8 Å². The molecule has 0 bridgehead atoms. The van der Waals surface area contributed by atoms with Crippen LogP contribution in [0.3, 0.4) is 0 Å². The molecule has 2 aromatic rings. The fourth-order valence-corrected chi connectivity index (χ4v) is 2.36. The van der Waals surface area contributed by atoms with Crippen LogP contribution in [0, 0.1) is 6.92 Å². The van der Waals surface area contributed by atoms with E-state index in [-0.39, 0.29) is 20.8 Å². The normalized spacial score (nSPS) is 12.0. The summed E-state index contributed by atoms with van der Waals surface area (Å²) in [5, 5.41) is 14.0. The molecule has 26 heavy (non-hydrogen) atoms. The highest BCUT2D eigenvalue weighted by atomic mass is 16.5. The highest BCUT2D eigenvalue weighted by molar-refractivity contribution is 5.93. The van der Waals surface area contributed by atoms with Crippen molar-refractivity contribution < 1.29 is 12.4 Å². The van der Waals surface area contributed by atoms with Gasteiger partial charge in [-0.2, -0.15) is 4.98 Å². The Morgan fingerprint density at radius 1 is 1.19 bits per heavy atom. The lowest BCUT2D eigenvalue weighted by Gasteiger charge is -2.15. The molecule has 8 heteroatoms. The number of aryl methyl sites for hydroxylation is 1. The summed E-state index contributed by atoms with van der Waals surface area (Å²) in [7, 11) is 1.58. The molecule has 2 rings (SSSR count). The Hall–Kier alpha value is -2.77. The number of carbonyl (C=O) groups is 1. The number of nitrogens with one attached hydrogen (secondary N) is 2. The maximum Gasteiger partial charge on any atom is 0.318 e. The second-order valence-corrected chi connectivity index (χ2v) is 6.39. The van der Waals surface area contributed by atoms with Crippen molar-refractivity contribution in [3.05, 3.63) is 29.1 Å². The summed E-state index contributed by atoms with van der Waals surface area (Å²) in [6, 6.07) is 3.94. The SMILES string of the molecule is CCC(C)c1cc(Nc2cc(C)nc(OC(C)C)n2)nnc1C(=O)NC.[HH].[HH]. The van der Waals surface area contributed by atoms with E-state index in [0.717, 1.165) is 17.7 Å². The van der Waals surface area contributed by atoms with Gasteiger partial charge in [0.15, 0.2) is 11.5 Å². The van der Waals surface area contributed by atoms with E-state index in [1.807, 2.05) is 26.8 Å². The van der Waals surface area contributed by atoms with Gasteiger partial charge in [0.25, 0.3) is 5.91 Å². The maximum absolute atomic E-state index is 12.0. The first-order valence-electron chi connectivity index (χ1n) is 8.73. The van der Waals surface area contributed by atoms with E-state index in [0.29, 0.717) is 23.3 Å². The van der Waals surface area contributed by atoms with Crippen molar-refractivity contribution in [1.29, 1.82) is 0 Å². The Kier molecular flexibility index (Phi) is 6.43. The summed E-state index contributed by atoms with van der Waals surface area (Å²) in [5.74, 6) is 1.00. The van der Waals surface area contributed by atoms with Gasteiger partial charge in [-0.3, -0.25) is 4.79 Å². The molecule has 1 unspecified atom stereocenters. The van der Waals surface area contributed by atoms with Gasteiger partial charge < -0.3 is 15.4 Å². The molecule has 0 aromatic carbocycles. The average molecular weight is 362 g/mol. The second kappa shape index (κ2) is 8.55. The van der Waals surface area contributed by atoms with Gasteiger partial charge in [0.1, 0.15) is 5.82 Å². The van der Waals surface area contributed by atoms with Gasteiger partial charge in [0.05, 0.1) is 6.10 Å². The lowest BCUT2D eigenvalue weighted by Crippen LogP contribution is -2.22. The molecular formula is C18H30N6O2. The van der Waals surface area contributed by atoms with E-state index < -0.39 is 0 Å². The summed E-state index contributed by atoms with van der Waals surface area (Å²) in [6.07, 6.45) is 0.863. The number of carbonyl (C=O) groups excluding carboxylic acids is 1. The van der Waals surface area contributed by atoms with Crippen molar-refractivity contribution in [3.8, 4) is 6.01 Å². The zero-order chi connectivity index (χ0) is 19.3. The molecule has 0 aliphatic heterocycles. The van der Waals surface area contributed by atoms with Crippen molar-refractivity contribution in [2.75, 3.05) is 12.4 Å². The van der Waals surface area contributed by atoms with Crippen molar-refractivity contribution in [1.82, 2.24) is 25.5 Å². The van der Waals surface area contributed by atoms with E-state index in [9.17, 15) is 4.79 Å². The summed E-state index contributed by atoms with van der Waals surface area (Å²) >= 11 is 0. The van der Waals surface area contributed by atoms with E-state index in [4.69, 9.17) is 4.74 Å². The molecule has 2 heterocycles. The van der Waals surface area contributed by atoms with E-state index in [1.165, 1.54) is 0 Å². The number of ether oxygens (including phenoxy) is 1. The number of anilines is 2. The molecule has 144 valence electrons. The summed E-state index contributed by atoms with van der Waals surface area (Å²) in [4.78, 5) is 20.7. The Morgan fingerprint density at radius 2 is 1.92 bits per heavy atom. The van der Waals surface area contributed by atoms with Crippen LogP contribution in [0.1, 0.15) is 64.6 Å². The lowest BCUT2D eigenvalue weighted by atomic mass is 9.97. The quantitative estimate of drug-likeness (QED) is 0.777. The Morgan fingerprint density at radius 3 is 2.54 bits per heavy atom. The number of nitrogens with zero attached hydrogens (tertiary/aromatic N) is 4. The van der Waals surface area contributed by atoms with E-state index in [1.54, 1.807) is 13.1 Å². The minimum Gasteiger partial charge on any atom is -0.461 e. The van der Waals surface area contributed by atoms with Crippen LogP contribution in [-0.2, 0) is 0 Å². The molecule has 0 aliphatic carbocycles. The number of amides is 1. The van der Waals surface area contributed by atoms with Crippen molar-refractivity contribution in [2.24, 2.45) is 0 Å². The molecule has 0 saturated carbocycles. The average Bonchev–Trinajstić information content (AvgIpc) is 2.59. The van der Waals surface area contributed by atoms with Gasteiger partial charge in [-0.15, -0.1) is 10.2 Å². The number of aromatic nitrogens is 4. The largest absolute Gasteiger partial charge is 0.461 e. The standard InChI is InChI=1S/C18H26N6O2.2H2/c1-7-11(4)13-9-15(23-24-16(13)17(25)19-6)21-14-8-12(5)20-18(22-14)26-10(2)3;;/h8-11H,7H2,1-6H3,(H,19,25)(H,20,21,22,23);2*1H. The molecule has 0 spiro atoms. The first kappa shape index (κ1) is 19.6. The third-order valence-electron chi connectivity index (χ3n) is 3.84. The minimum atomic E-state index is -0.246. The van der Waals surface area contributed by atoms with Crippen LogP contribution in [0.15, 0.2) is 12.1 Å². The highest BCUT2D eigenvalue weighted by Crippen LogP contribution is 2.25. The Balaban J connectivity index is 0.00000364. The highest BCUT2D eigenvalue weighted by Gasteiger charge is 2.18. The zero-order valence-electron chi connectivity index (χ0n) is 16.1. The lowest BCUT2D eigenvalue weighted by molar-refractivity contribution is 0.0955. The number of rotatable bonds is 7. The van der Waals surface area contributed by atoms with Crippen LogP contribution in [0.25, 0.3) is 0 Å². The summed E-state index contributed by atoms with van der Waals surface area (Å²) in [5.41, 5.74) is 1.96. The summed E-state index contributed by atoms with van der Waals surface area (Å²) < 4.78 is 5.57. The molecule has 0 aliphatic rings. The van der Waals surface area contributed by atoms with Crippen LogP contribution >= 0.6 is 0 Å². The van der Waals surface area contributed by atoms with Crippen molar-refractivity contribution >= 4 is 17.5 Å². The number of hydrogen-bond donors (Lipinski definition) is 2. The van der Waals surface area contributed by atoms with Crippen LogP contribution in [0.5, 0.6) is 6.01 Å². The predicted molar refractivity (Wildman–Crippen MR) is 104 cm³/mol. The van der Waals surface area contributed by atoms with Crippen LogP contribution in [-0.4, -0.2) is 39.2 Å². The molecule has 0 fully saturated rings. The molecule has 1 amide bonds. The first-order chi connectivity index (χ1) is 12.3. The molecule has 2 aromatic heterocycles. The monoisotopic (exact) mass is 362 g/mol. The van der Waals surface area contributed by atoms with Crippen molar-refractivity contribution in [2.45, 2.75) is 53.1 Å². The molecule has 0 radical (unpaired) electrons. The third-order valence-corrected chi connectivity index (χ3v) is 3.84. The molecule has 0 saturated heterocycles. The smallest absolute Gasteiger partial charge is 0.318 e. The topological polar surface area (TPSA) is 102 Å². The predicted octanol–water partition coefficient (Wildman–Crippen LogP) is 3.47. The maximum atomic E-state index is 12.0. The van der Waals surface area contributed by atoms with Crippen LogP contribution in [0.4, 0.5) is 11.6 Å². The third kappa shape index (κ3) is 4.87. The van der Waals surface area contributed by atoms with Gasteiger partial charge in [-0.05, 0) is 44.7 Å². The molecule has 2 N–H and O–H groups in total. The van der Waals surface area contributed by atoms with Gasteiger partial charge in [0.2, 0.25) is 0 Å².